The number of nitrogens with zero attached hydrogens (tertiary/aromatic N) is 4. The predicted molar refractivity (Wildman–Crippen MR) is 165 cm³/mol. The fourth-order valence-corrected chi connectivity index (χ4v) is 5.59. The Morgan fingerprint density at radius 1 is 1.23 bits per heavy atom. The average molecular weight is 605 g/mol. The van der Waals surface area contributed by atoms with Gasteiger partial charge >= 0.3 is 12.0 Å². The van der Waals surface area contributed by atoms with Gasteiger partial charge in [-0.2, -0.15) is 5.10 Å². The number of aliphatic carboxylic acids is 1. The molecule has 3 aromatic rings. The van der Waals surface area contributed by atoms with Gasteiger partial charge in [0, 0.05) is 61.3 Å². The summed E-state index contributed by atoms with van der Waals surface area (Å²) in [7, 11) is 3.29. The molecule has 1 fully saturated rings. The molecule has 5 rings (SSSR count). The van der Waals surface area contributed by atoms with Gasteiger partial charge < -0.3 is 30.1 Å². The molecular weight excluding hydrogens is 564 g/mol. The van der Waals surface area contributed by atoms with Gasteiger partial charge in [-0.25, -0.2) is 14.6 Å². The third-order valence-electron chi connectivity index (χ3n) is 8.47. The maximum atomic E-state index is 13.5. The molecular formula is C32H40N6O6. The number of methoxy groups -OCH3 is 1. The van der Waals surface area contributed by atoms with Crippen LogP contribution in [-0.4, -0.2) is 81.6 Å². The van der Waals surface area contributed by atoms with Crippen LogP contribution in [0.3, 0.4) is 0 Å². The minimum atomic E-state index is -1.37. The lowest BCUT2D eigenvalue weighted by molar-refractivity contribution is -0.143. The third kappa shape index (κ3) is 6.34. The number of ether oxygens (including phenoxy) is 2. The molecule has 3 amide bonds. The van der Waals surface area contributed by atoms with Gasteiger partial charge in [0.05, 0.1) is 31.1 Å². The number of rotatable bonds is 8. The molecule has 44 heavy (non-hydrogen) atoms. The van der Waals surface area contributed by atoms with Crippen LogP contribution in [0.5, 0.6) is 11.5 Å². The zero-order valence-corrected chi connectivity index (χ0v) is 25.6. The highest BCUT2D eigenvalue weighted by Gasteiger charge is 2.60. The molecule has 0 saturated heterocycles. The first-order chi connectivity index (χ1) is 21.2. The molecule has 3 unspecified atom stereocenters. The van der Waals surface area contributed by atoms with Crippen molar-refractivity contribution in [3.05, 3.63) is 48.3 Å². The van der Waals surface area contributed by atoms with E-state index in [2.05, 4.69) is 15.7 Å². The van der Waals surface area contributed by atoms with Gasteiger partial charge in [-0.05, 0) is 51.7 Å². The Bertz CT molecular complexity index is 1580. The number of aromatic nitrogens is 3. The SMILES string of the molecule is CCn1cc(-c2cc(OCCC3NC(=O)N(C)CCCC/C=C/C4CC4(C(=O)O)NC3=O)c3ccc(OC)c(C)c3n2)cn1. The number of carboxylic acid groups (broad SMARTS) is 1. The first-order valence-corrected chi connectivity index (χ1v) is 15.0. The smallest absolute Gasteiger partial charge is 0.330 e. The number of aryl methyl sites for hydroxylation is 2. The maximum Gasteiger partial charge on any atom is 0.330 e. The Hall–Kier alpha value is -4.61. The summed E-state index contributed by atoms with van der Waals surface area (Å²) in [6.45, 7) is 5.26. The Balaban J connectivity index is 1.41. The van der Waals surface area contributed by atoms with Crippen molar-refractivity contribution in [3.8, 4) is 22.8 Å². The first kappa shape index (κ1) is 30.8. The summed E-state index contributed by atoms with van der Waals surface area (Å²) in [5, 5.41) is 20.7. The van der Waals surface area contributed by atoms with Gasteiger partial charge in [0.15, 0.2) is 0 Å². The molecule has 234 valence electrons. The maximum absolute atomic E-state index is 13.5. The van der Waals surface area contributed by atoms with Crippen molar-refractivity contribution < 1.29 is 29.0 Å². The van der Waals surface area contributed by atoms with Crippen molar-refractivity contribution in [3.63, 3.8) is 0 Å². The molecule has 3 N–H and O–H groups in total. The lowest BCUT2D eigenvalue weighted by atomic mass is 10.1. The van der Waals surface area contributed by atoms with E-state index in [4.69, 9.17) is 14.5 Å². The minimum absolute atomic E-state index is 0.0728. The summed E-state index contributed by atoms with van der Waals surface area (Å²) in [4.78, 5) is 45.2. The van der Waals surface area contributed by atoms with Crippen LogP contribution in [-0.2, 0) is 16.1 Å². The molecule has 2 aliphatic rings. The average Bonchev–Trinajstić information content (AvgIpc) is 3.49. The fourth-order valence-electron chi connectivity index (χ4n) is 5.59. The van der Waals surface area contributed by atoms with Gasteiger partial charge in [-0.3, -0.25) is 9.48 Å². The molecule has 1 aliphatic heterocycles. The van der Waals surface area contributed by atoms with Crippen LogP contribution < -0.4 is 20.1 Å². The number of urea groups is 1. The second-order valence-corrected chi connectivity index (χ2v) is 11.4. The number of hydrogen-bond donors (Lipinski definition) is 3. The summed E-state index contributed by atoms with van der Waals surface area (Å²) in [6, 6.07) is 4.17. The van der Waals surface area contributed by atoms with Crippen LogP contribution in [0.15, 0.2) is 42.7 Å². The number of fused-ring (bicyclic) bond motifs is 2. The van der Waals surface area contributed by atoms with Crippen molar-refractivity contribution in [2.45, 2.75) is 64.1 Å². The van der Waals surface area contributed by atoms with Gasteiger partial charge in [0.1, 0.15) is 23.1 Å². The molecule has 3 atom stereocenters. The van der Waals surface area contributed by atoms with Crippen molar-refractivity contribution in [1.29, 1.82) is 0 Å². The van der Waals surface area contributed by atoms with Crippen molar-refractivity contribution in [2.24, 2.45) is 5.92 Å². The highest BCUT2D eigenvalue weighted by Crippen LogP contribution is 2.45. The van der Waals surface area contributed by atoms with Crippen LogP contribution >= 0.6 is 0 Å². The largest absolute Gasteiger partial charge is 0.496 e. The van der Waals surface area contributed by atoms with E-state index in [0.29, 0.717) is 42.2 Å². The van der Waals surface area contributed by atoms with E-state index < -0.39 is 29.5 Å². The molecule has 1 aliphatic carbocycles. The van der Waals surface area contributed by atoms with Crippen molar-refractivity contribution in [1.82, 2.24) is 30.3 Å². The molecule has 0 radical (unpaired) electrons. The highest BCUT2D eigenvalue weighted by molar-refractivity contribution is 5.94. The number of hydrogen-bond acceptors (Lipinski definition) is 7. The second kappa shape index (κ2) is 12.9. The number of nitrogens with one attached hydrogen (secondary N) is 2. The van der Waals surface area contributed by atoms with Gasteiger partial charge in [-0.1, -0.05) is 12.2 Å². The minimum Gasteiger partial charge on any atom is -0.496 e. The molecule has 2 aromatic heterocycles. The van der Waals surface area contributed by atoms with Gasteiger partial charge in [0.2, 0.25) is 5.91 Å². The van der Waals surface area contributed by atoms with Crippen LogP contribution in [0.25, 0.3) is 22.2 Å². The normalized spacial score (nSPS) is 23.2. The molecule has 12 nitrogen and oxygen atoms in total. The zero-order valence-electron chi connectivity index (χ0n) is 25.6. The number of pyridine rings is 1. The molecule has 12 heteroatoms. The number of carbonyl (C=O) groups excluding carboxylic acids is 2. The number of benzene rings is 1. The van der Waals surface area contributed by atoms with Crippen LogP contribution in [0.4, 0.5) is 4.79 Å². The van der Waals surface area contributed by atoms with E-state index in [-0.39, 0.29) is 18.9 Å². The summed E-state index contributed by atoms with van der Waals surface area (Å²) < 4.78 is 13.6. The molecule has 3 heterocycles. The Kier molecular flexibility index (Phi) is 9.07. The first-order valence-electron chi connectivity index (χ1n) is 15.0. The summed E-state index contributed by atoms with van der Waals surface area (Å²) in [5.74, 6) is -0.682. The van der Waals surface area contributed by atoms with E-state index in [0.717, 1.165) is 35.8 Å². The number of carboxylic acids is 1. The lowest BCUT2D eigenvalue weighted by Crippen LogP contribution is -2.55. The zero-order chi connectivity index (χ0) is 31.4. The molecule has 1 aromatic carbocycles. The standard InChI is InChI=1S/C32H40N6O6/c1-5-38-19-21(18-33-38)25-16-27(23-11-12-26(43-4)20(2)28(23)34-25)44-15-13-24-29(39)36-32(30(40)41)17-22(32)10-8-6-7-9-14-37(3)31(42)35-24/h8,10-12,16,18-19,22,24H,5-7,9,13-15,17H2,1-4H3,(H,35,42)(H,36,39)(H,40,41)/b10-8+. The number of amides is 3. The Morgan fingerprint density at radius 3 is 2.77 bits per heavy atom. The molecule has 1 saturated carbocycles. The second-order valence-electron chi connectivity index (χ2n) is 11.4. The molecule has 0 bridgehead atoms. The van der Waals surface area contributed by atoms with E-state index in [1.165, 1.54) is 0 Å². The van der Waals surface area contributed by atoms with Crippen molar-refractivity contribution in [2.75, 3.05) is 27.3 Å². The van der Waals surface area contributed by atoms with Crippen molar-refractivity contribution >= 4 is 28.8 Å². The van der Waals surface area contributed by atoms with E-state index >= 15 is 0 Å². The van der Waals surface area contributed by atoms with Crippen LogP contribution in [0, 0.1) is 12.8 Å². The predicted octanol–water partition coefficient (Wildman–Crippen LogP) is 3.91. The van der Waals surface area contributed by atoms with Crippen LogP contribution in [0.1, 0.15) is 44.6 Å². The number of allylic oxidation sites excluding steroid dienone is 1. The summed E-state index contributed by atoms with van der Waals surface area (Å²) >= 11 is 0. The fraction of sp³-hybridized carbons (Fsp3) is 0.469. The lowest BCUT2D eigenvalue weighted by Gasteiger charge is -2.25. The molecule has 0 spiro atoms. The van der Waals surface area contributed by atoms with E-state index in [1.54, 1.807) is 25.3 Å². The third-order valence-corrected chi connectivity index (χ3v) is 8.47. The monoisotopic (exact) mass is 604 g/mol. The summed E-state index contributed by atoms with van der Waals surface area (Å²) in [5.41, 5.74) is 1.69. The van der Waals surface area contributed by atoms with E-state index in [9.17, 15) is 19.5 Å². The van der Waals surface area contributed by atoms with Crippen LogP contribution in [0.2, 0.25) is 0 Å². The number of carbonyl (C=O) groups is 3. The topological polar surface area (TPSA) is 148 Å². The Labute approximate surface area is 256 Å². The van der Waals surface area contributed by atoms with Gasteiger partial charge in [-0.15, -0.1) is 0 Å². The van der Waals surface area contributed by atoms with Gasteiger partial charge in [0.25, 0.3) is 0 Å². The summed E-state index contributed by atoms with van der Waals surface area (Å²) in [6.07, 6.45) is 10.4. The Morgan fingerprint density at radius 2 is 2.05 bits per heavy atom. The van der Waals surface area contributed by atoms with E-state index in [1.807, 2.05) is 55.1 Å². The highest BCUT2D eigenvalue weighted by atomic mass is 16.5. The quantitative estimate of drug-likeness (QED) is 0.328.